The molecule has 0 aromatic heterocycles. The van der Waals surface area contributed by atoms with Crippen LogP contribution in [-0.4, -0.2) is 9.52 Å². The predicted molar refractivity (Wildman–Crippen MR) is 54.9 cm³/mol. The summed E-state index contributed by atoms with van der Waals surface area (Å²) < 4.78 is 36.6. The summed E-state index contributed by atoms with van der Waals surface area (Å²) in [6.07, 6.45) is -4.25. The molecule has 0 nitrogen and oxygen atoms in total. The zero-order valence-electron chi connectivity index (χ0n) is 7.86. The molecule has 0 unspecified atom stereocenters. The lowest BCUT2D eigenvalue weighted by Crippen LogP contribution is -2.04. The van der Waals surface area contributed by atoms with Crippen LogP contribution in [0.3, 0.4) is 0 Å². The molecule has 0 heterocycles. The molecule has 1 rings (SSSR count). The summed E-state index contributed by atoms with van der Waals surface area (Å²) in [6.45, 7) is 5.87. The molecule has 4 heteroatoms. The molecule has 0 aliphatic heterocycles. The van der Waals surface area contributed by atoms with Gasteiger partial charge in [-0.15, -0.1) is 0 Å². The van der Waals surface area contributed by atoms with Crippen LogP contribution in [0, 0.1) is 0 Å². The Morgan fingerprint density at radius 2 is 1.71 bits per heavy atom. The molecule has 0 spiro atoms. The van der Waals surface area contributed by atoms with E-state index in [1.54, 1.807) is 0 Å². The Kier molecular flexibility index (Phi) is 3.16. The standard InChI is InChI=1S/C10H11F3Si/c1-7(14-2)8-3-5-9(6-4-8)10(11,12)13/h3-6H,1,14H2,2H3. The van der Waals surface area contributed by atoms with Crippen LogP contribution in [0.5, 0.6) is 0 Å². The largest absolute Gasteiger partial charge is 0.416 e. The van der Waals surface area contributed by atoms with Crippen molar-refractivity contribution in [2.24, 2.45) is 0 Å². The second-order valence-electron chi connectivity index (χ2n) is 3.03. The van der Waals surface area contributed by atoms with E-state index < -0.39 is 11.7 Å². The topological polar surface area (TPSA) is 0 Å². The highest BCUT2D eigenvalue weighted by Gasteiger charge is 2.29. The fourth-order valence-corrected chi connectivity index (χ4v) is 1.74. The normalized spacial score (nSPS) is 12.3. The molecule has 0 amide bonds. The minimum absolute atomic E-state index is 0.382. The van der Waals surface area contributed by atoms with Crippen LogP contribution in [0.4, 0.5) is 13.2 Å². The fraction of sp³-hybridized carbons (Fsp3) is 0.200. The molecule has 14 heavy (non-hydrogen) atoms. The van der Waals surface area contributed by atoms with Crippen molar-refractivity contribution in [1.82, 2.24) is 0 Å². The Labute approximate surface area is 83.3 Å². The molecule has 0 aliphatic rings. The van der Waals surface area contributed by atoms with E-state index in [0.29, 0.717) is 0 Å². The lowest BCUT2D eigenvalue weighted by molar-refractivity contribution is -0.137. The quantitative estimate of drug-likeness (QED) is 0.667. The summed E-state index contributed by atoms with van der Waals surface area (Å²) in [5, 5.41) is 0.985. The Balaban J connectivity index is 2.95. The van der Waals surface area contributed by atoms with Gasteiger partial charge in [0.15, 0.2) is 0 Å². The molecule has 0 saturated carbocycles. The van der Waals surface area contributed by atoms with E-state index in [1.807, 2.05) is 0 Å². The smallest absolute Gasteiger partial charge is 0.166 e. The van der Waals surface area contributed by atoms with Gasteiger partial charge in [0.1, 0.15) is 0 Å². The number of rotatable bonds is 2. The molecular weight excluding hydrogens is 205 g/mol. The minimum atomic E-state index is -4.25. The third-order valence-electron chi connectivity index (χ3n) is 2.05. The Morgan fingerprint density at radius 3 is 2.07 bits per heavy atom. The first-order valence-corrected chi connectivity index (χ1v) is 6.42. The molecule has 0 aliphatic carbocycles. The molecule has 0 N–H and O–H groups in total. The van der Waals surface area contributed by atoms with Crippen molar-refractivity contribution in [3.05, 3.63) is 42.0 Å². The highest BCUT2D eigenvalue weighted by molar-refractivity contribution is 6.59. The predicted octanol–water partition coefficient (Wildman–Crippen LogP) is 2.89. The second-order valence-corrected chi connectivity index (χ2v) is 4.59. The van der Waals surface area contributed by atoms with Crippen molar-refractivity contribution >= 4 is 14.7 Å². The minimum Gasteiger partial charge on any atom is -0.166 e. The van der Waals surface area contributed by atoms with Gasteiger partial charge >= 0.3 is 6.18 Å². The first-order valence-electron chi connectivity index (χ1n) is 4.30. The van der Waals surface area contributed by atoms with Crippen molar-refractivity contribution in [3.63, 3.8) is 0 Å². The van der Waals surface area contributed by atoms with Crippen molar-refractivity contribution in [1.29, 1.82) is 0 Å². The summed E-state index contributed by atoms with van der Waals surface area (Å²) in [5.41, 5.74) is 0.221. The molecular formula is C10H11F3Si. The monoisotopic (exact) mass is 216 g/mol. The third kappa shape index (κ3) is 2.48. The van der Waals surface area contributed by atoms with E-state index in [4.69, 9.17) is 0 Å². The molecule has 1 aromatic rings. The van der Waals surface area contributed by atoms with E-state index in [-0.39, 0.29) is 9.52 Å². The molecule has 0 bridgehead atoms. The number of benzene rings is 1. The van der Waals surface area contributed by atoms with Crippen molar-refractivity contribution in [2.75, 3.05) is 0 Å². The van der Waals surface area contributed by atoms with Gasteiger partial charge in [-0.05, 0) is 17.7 Å². The van der Waals surface area contributed by atoms with E-state index in [9.17, 15) is 13.2 Å². The molecule has 0 fully saturated rings. The zero-order chi connectivity index (χ0) is 10.8. The maximum Gasteiger partial charge on any atom is 0.416 e. The SMILES string of the molecule is C=C([SiH2]C)c1ccc(C(F)(F)F)cc1. The number of hydrogen-bond acceptors (Lipinski definition) is 0. The van der Waals surface area contributed by atoms with Crippen LogP contribution < -0.4 is 0 Å². The van der Waals surface area contributed by atoms with Crippen LogP contribution in [0.2, 0.25) is 6.55 Å². The highest BCUT2D eigenvalue weighted by Crippen LogP contribution is 2.29. The highest BCUT2D eigenvalue weighted by atomic mass is 28.2. The van der Waals surface area contributed by atoms with Gasteiger partial charge in [-0.2, -0.15) is 13.2 Å². The van der Waals surface area contributed by atoms with Crippen molar-refractivity contribution < 1.29 is 13.2 Å². The van der Waals surface area contributed by atoms with Gasteiger partial charge in [-0.1, -0.05) is 30.5 Å². The van der Waals surface area contributed by atoms with Crippen LogP contribution in [0.15, 0.2) is 30.8 Å². The fourth-order valence-electron chi connectivity index (χ4n) is 1.10. The zero-order valence-corrected chi connectivity index (χ0v) is 9.27. The van der Waals surface area contributed by atoms with Gasteiger partial charge in [0.2, 0.25) is 0 Å². The lowest BCUT2D eigenvalue weighted by Gasteiger charge is -2.07. The Morgan fingerprint density at radius 1 is 1.21 bits per heavy atom. The van der Waals surface area contributed by atoms with Gasteiger partial charge in [-0.3, -0.25) is 0 Å². The molecule has 76 valence electrons. The maximum atomic E-state index is 12.2. The van der Waals surface area contributed by atoms with Gasteiger partial charge in [0.05, 0.1) is 15.1 Å². The lowest BCUT2D eigenvalue weighted by atomic mass is 10.1. The van der Waals surface area contributed by atoms with E-state index in [0.717, 1.165) is 22.9 Å². The summed E-state index contributed by atoms with van der Waals surface area (Å²) in [5.74, 6) is 0. The Bertz CT molecular complexity index is 324. The van der Waals surface area contributed by atoms with Crippen LogP contribution >= 0.6 is 0 Å². The van der Waals surface area contributed by atoms with Crippen LogP contribution in [0.25, 0.3) is 5.20 Å². The van der Waals surface area contributed by atoms with E-state index in [2.05, 4.69) is 13.1 Å². The van der Waals surface area contributed by atoms with Crippen molar-refractivity contribution in [2.45, 2.75) is 12.7 Å². The summed E-state index contributed by atoms with van der Waals surface area (Å²) >= 11 is 0. The van der Waals surface area contributed by atoms with Gasteiger partial charge in [0, 0.05) is 0 Å². The first kappa shape index (κ1) is 11.0. The summed E-state index contributed by atoms with van der Waals surface area (Å²) in [4.78, 5) is 0. The van der Waals surface area contributed by atoms with E-state index >= 15 is 0 Å². The Hall–Kier alpha value is -1.03. The van der Waals surface area contributed by atoms with Gasteiger partial charge in [0.25, 0.3) is 0 Å². The average Bonchev–Trinajstić information content (AvgIpc) is 2.15. The molecule has 0 saturated heterocycles. The number of alkyl halides is 3. The van der Waals surface area contributed by atoms with Crippen molar-refractivity contribution in [3.8, 4) is 0 Å². The molecule has 1 aromatic carbocycles. The average molecular weight is 216 g/mol. The van der Waals surface area contributed by atoms with Crippen LogP contribution in [-0.2, 0) is 6.18 Å². The molecule has 0 atom stereocenters. The number of hydrogen-bond donors (Lipinski definition) is 0. The van der Waals surface area contributed by atoms with E-state index in [1.165, 1.54) is 12.1 Å². The van der Waals surface area contributed by atoms with Crippen LogP contribution in [0.1, 0.15) is 11.1 Å². The second kappa shape index (κ2) is 4.00. The molecule has 0 radical (unpaired) electrons. The maximum absolute atomic E-state index is 12.2. The summed E-state index contributed by atoms with van der Waals surface area (Å²) in [6, 6.07) is 5.18. The van der Waals surface area contributed by atoms with Gasteiger partial charge < -0.3 is 0 Å². The first-order chi connectivity index (χ1) is 6.45. The third-order valence-corrected chi connectivity index (χ3v) is 3.31. The van der Waals surface area contributed by atoms with Gasteiger partial charge in [-0.25, -0.2) is 0 Å². The summed E-state index contributed by atoms with van der Waals surface area (Å²) in [7, 11) is -0.382. The number of halogens is 3.